The Labute approximate surface area is 183 Å². The van der Waals surface area contributed by atoms with Crippen LogP contribution in [0.1, 0.15) is 38.4 Å². The van der Waals surface area contributed by atoms with E-state index in [0.29, 0.717) is 11.4 Å². The van der Waals surface area contributed by atoms with Crippen molar-refractivity contribution in [1.29, 1.82) is 0 Å². The molecule has 1 aromatic heterocycles. The summed E-state index contributed by atoms with van der Waals surface area (Å²) in [6.45, 7) is 4.17. The molecule has 7 nitrogen and oxygen atoms in total. The summed E-state index contributed by atoms with van der Waals surface area (Å²) in [5.41, 5.74) is 12.6. The van der Waals surface area contributed by atoms with Crippen LogP contribution in [-0.4, -0.2) is 44.1 Å². The molecule has 2 N–H and O–H groups in total. The fourth-order valence-electron chi connectivity index (χ4n) is 4.28. The van der Waals surface area contributed by atoms with E-state index in [1.807, 2.05) is 28.2 Å². The second-order valence-electron chi connectivity index (χ2n) is 8.37. The van der Waals surface area contributed by atoms with Crippen molar-refractivity contribution in [2.45, 2.75) is 19.4 Å². The first-order valence-electron chi connectivity index (χ1n) is 10.2. The van der Waals surface area contributed by atoms with Crippen LogP contribution in [0.25, 0.3) is 0 Å². The van der Waals surface area contributed by atoms with Gasteiger partial charge in [0.15, 0.2) is 5.69 Å². The number of nitrogens with one attached hydrogen (secondary N) is 2. The molecule has 2 aromatic carbocycles. The van der Waals surface area contributed by atoms with Crippen molar-refractivity contribution in [3.8, 4) is 0 Å². The number of carbonyl (C=O) groups is 1. The number of anilines is 2. The lowest BCUT2D eigenvalue weighted by Crippen LogP contribution is -2.59. The van der Waals surface area contributed by atoms with Crippen molar-refractivity contribution >= 4 is 17.3 Å². The molecule has 160 valence electrons. The van der Waals surface area contributed by atoms with E-state index in [9.17, 15) is 4.79 Å². The minimum Gasteiger partial charge on any atom is -0.378 e. The van der Waals surface area contributed by atoms with E-state index in [-0.39, 0.29) is 5.91 Å². The lowest BCUT2D eigenvalue weighted by molar-refractivity contribution is 0.0887. The van der Waals surface area contributed by atoms with E-state index in [1.165, 1.54) is 0 Å². The molecule has 0 bridgehead atoms. The topological polar surface area (TPSA) is 73.4 Å². The van der Waals surface area contributed by atoms with E-state index in [0.717, 1.165) is 33.6 Å². The molecule has 0 saturated heterocycles. The molecule has 31 heavy (non-hydrogen) atoms. The van der Waals surface area contributed by atoms with Gasteiger partial charge in [0.25, 0.3) is 5.91 Å². The molecule has 7 heteroatoms. The highest BCUT2D eigenvalue weighted by Crippen LogP contribution is 2.42. The number of fused-ring (bicyclic) bond motifs is 1. The maximum atomic E-state index is 12.6. The molecule has 3 aromatic rings. The Morgan fingerprint density at radius 2 is 1.32 bits per heavy atom. The number of carbonyl (C=O) groups excluding carboxylic acids is 1. The smallest absolute Gasteiger partial charge is 0.286 e. The second-order valence-corrected chi connectivity index (χ2v) is 8.37. The van der Waals surface area contributed by atoms with Gasteiger partial charge in [-0.2, -0.15) is 0 Å². The van der Waals surface area contributed by atoms with Gasteiger partial charge in [0.2, 0.25) is 0 Å². The Hall–Kier alpha value is -3.45. The molecule has 0 fully saturated rings. The summed E-state index contributed by atoms with van der Waals surface area (Å²) in [5.74, 6) is -0.288. The van der Waals surface area contributed by atoms with Crippen molar-refractivity contribution in [2.75, 3.05) is 38.0 Å². The number of aromatic nitrogens is 2. The molecule has 1 amide bonds. The van der Waals surface area contributed by atoms with Crippen LogP contribution in [0.3, 0.4) is 0 Å². The number of rotatable bonds is 4. The van der Waals surface area contributed by atoms with Gasteiger partial charge in [-0.3, -0.25) is 15.2 Å². The Morgan fingerprint density at radius 1 is 0.806 bits per heavy atom. The van der Waals surface area contributed by atoms with Crippen molar-refractivity contribution in [3.05, 3.63) is 82.4 Å². The molecule has 0 aliphatic carbocycles. The number of amides is 1. The number of hydrogen-bond donors (Lipinski definition) is 2. The molecule has 0 atom stereocenters. The van der Waals surface area contributed by atoms with Crippen LogP contribution in [0.2, 0.25) is 0 Å². The van der Waals surface area contributed by atoms with Crippen molar-refractivity contribution in [1.82, 2.24) is 20.8 Å². The molecule has 2 heterocycles. The summed E-state index contributed by atoms with van der Waals surface area (Å²) in [4.78, 5) is 25.8. The van der Waals surface area contributed by atoms with Gasteiger partial charge in [-0.15, -0.1) is 0 Å². The highest BCUT2D eigenvalue weighted by atomic mass is 16.2. The molecule has 1 aliphatic rings. The quantitative estimate of drug-likeness (QED) is 0.681. The highest BCUT2D eigenvalue weighted by molar-refractivity contribution is 5.95. The van der Waals surface area contributed by atoms with Crippen molar-refractivity contribution in [2.24, 2.45) is 0 Å². The molecule has 0 saturated carbocycles. The summed E-state index contributed by atoms with van der Waals surface area (Å²) in [6.07, 6.45) is 3.19. The number of aryl methyl sites for hydroxylation is 2. The van der Waals surface area contributed by atoms with E-state index in [2.05, 4.69) is 80.9 Å². The first kappa shape index (κ1) is 20.8. The largest absolute Gasteiger partial charge is 0.378 e. The van der Waals surface area contributed by atoms with Crippen LogP contribution >= 0.6 is 0 Å². The first-order chi connectivity index (χ1) is 14.8. The van der Waals surface area contributed by atoms with Crippen LogP contribution in [-0.2, 0) is 5.54 Å². The Kier molecular flexibility index (Phi) is 5.15. The maximum absolute atomic E-state index is 12.6. The third kappa shape index (κ3) is 3.31. The van der Waals surface area contributed by atoms with Gasteiger partial charge >= 0.3 is 0 Å². The standard InChI is InChI=1S/C24H28N6O/c1-15-13-17(29(3)4)7-9-19(15)24(20-10-8-18(30(5)6)14-16(20)2)22-21(23(31)27-28-24)25-11-12-26-22/h7-14,28H,1-6H3,(H,27,31). The van der Waals surface area contributed by atoms with Gasteiger partial charge in [-0.25, -0.2) is 10.4 Å². The number of nitrogens with zero attached hydrogens (tertiary/aromatic N) is 4. The minimum absolute atomic E-state index is 0.288. The average Bonchev–Trinajstić information content (AvgIpc) is 2.75. The molecule has 1 aliphatic heterocycles. The Morgan fingerprint density at radius 3 is 1.81 bits per heavy atom. The van der Waals surface area contributed by atoms with E-state index in [1.54, 1.807) is 12.4 Å². The van der Waals surface area contributed by atoms with Gasteiger partial charge < -0.3 is 9.80 Å². The second kappa shape index (κ2) is 7.67. The monoisotopic (exact) mass is 416 g/mol. The van der Waals surface area contributed by atoms with Gasteiger partial charge in [-0.1, -0.05) is 12.1 Å². The zero-order chi connectivity index (χ0) is 22.3. The fourth-order valence-corrected chi connectivity index (χ4v) is 4.28. The van der Waals surface area contributed by atoms with Gasteiger partial charge in [0.1, 0.15) is 11.2 Å². The van der Waals surface area contributed by atoms with E-state index < -0.39 is 5.54 Å². The van der Waals surface area contributed by atoms with Gasteiger partial charge in [-0.05, 0) is 60.4 Å². The van der Waals surface area contributed by atoms with Crippen molar-refractivity contribution in [3.63, 3.8) is 0 Å². The maximum Gasteiger partial charge on any atom is 0.286 e. The van der Waals surface area contributed by atoms with Crippen LogP contribution in [0.5, 0.6) is 0 Å². The molecule has 0 radical (unpaired) electrons. The first-order valence-corrected chi connectivity index (χ1v) is 10.2. The van der Waals surface area contributed by atoms with E-state index >= 15 is 0 Å². The van der Waals surface area contributed by atoms with E-state index in [4.69, 9.17) is 0 Å². The summed E-state index contributed by atoms with van der Waals surface area (Å²) in [5, 5.41) is 0. The van der Waals surface area contributed by atoms with Gasteiger partial charge in [0.05, 0.1) is 0 Å². The van der Waals surface area contributed by atoms with Crippen LogP contribution in [0.4, 0.5) is 11.4 Å². The molecule has 0 unspecified atom stereocenters. The zero-order valence-corrected chi connectivity index (χ0v) is 18.8. The predicted molar refractivity (Wildman–Crippen MR) is 124 cm³/mol. The van der Waals surface area contributed by atoms with Crippen LogP contribution < -0.4 is 20.7 Å². The zero-order valence-electron chi connectivity index (χ0n) is 18.8. The van der Waals surface area contributed by atoms with Crippen molar-refractivity contribution < 1.29 is 4.79 Å². The van der Waals surface area contributed by atoms with Crippen LogP contribution in [0, 0.1) is 13.8 Å². The summed E-state index contributed by atoms with van der Waals surface area (Å²) >= 11 is 0. The molecular formula is C24H28N6O. The lowest BCUT2D eigenvalue weighted by atomic mass is 9.75. The third-order valence-corrected chi connectivity index (χ3v) is 5.89. The SMILES string of the molecule is Cc1cc(N(C)C)ccc1C1(c2ccc(N(C)C)cc2C)NNC(=O)c2nccnc21. The fraction of sp³-hybridized carbons (Fsp3) is 0.292. The molecule has 4 rings (SSSR count). The highest BCUT2D eigenvalue weighted by Gasteiger charge is 2.46. The predicted octanol–water partition coefficient (Wildman–Crippen LogP) is 2.77. The number of benzene rings is 2. The Bertz CT molecular complexity index is 1100. The number of hydrazine groups is 1. The van der Waals surface area contributed by atoms with Gasteiger partial charge in [0, 0.05) is 52.0 Å². The summed E-state index contributed by atoms with van der Waals surface area (Å²) in [6, 6.07) is 12.7. The average molecular weight is 417 g/mol. The normalized spacial score (nSPS) is 14.6. The van der Waals surface area contributed by atoms with Crippen LogP contribution in [0.15, 0.2) is 48.8 Å². The third-order valence-electron chi connectivity index (χ3n) is 5.89. The molecule has 0 spiro atoms. The lowest BCUT2D eigenvalue weighted by Gasteiger charge is -2.41. The Balaban J connectivity index is 2.05. The molecular weight excluding hydrogens is 388 g/mol. The summed E-state index contributed by atoms with van der Waals surface area (Å²) in [7, 11) is 8.09. The minimum atomic E-state index is -0.874. The number of hydrogen-bond acceptors (Lipinski definition) is 6. The summed E-state index contributed by atoms with van der Waals surface area (Å²) < 4.78 is 0.